The fourth-order valence-electron chi connectivity index (χ4n) is 4.26. The standard InChI is InChI=1S/C20H24FN3O4/c1-11-17-14(5-6-15(25)24(17)13-3-4-13)19(27-2)16(21)18(11)23-8-7-12(9-23)10-28-20(22)26/h5-6,12-13H,3-4,7-10H2,1-2H3,(H2,22,26). The van der Waals surface area contributed by atoms with Crippen molar-refractivity contribution < 1.29 is 18.7 Å². The average molecular weight is 389 g/mol. The number of ether oxygens (including phenoxy) is 2. The highest BCUT2D eigenvalue weighted by Crippen LogP contribution is 2.44. The van der Waals surface area contributed by atoms with Gasteiger partial charge in [-0.1, -0.05) is 0 Å². The van der Waals surface area contributed by atoms with Gasteiger partial charge in [-0.2, -0.15) is 0 Å². The molecule has 2 aromatic rings. The summed E-state index contributed by atoms with van der Waals surface area (Å²) in [5.41, 5.74) is 6.89. The highest BCUT2D eigenvalue weighted by atomic mass is 19.1. The van der Waals surface area contributed by atoms with Gasteiger partial charge in [-0.3, -0.25) is 4.79 Å². The van der Waals surface area contributed by atoms with Crippen LogP contribution in [0.5, 0.6) is 5.75 Å². The van der Waals surface area contributed by atoms with Crippen LogP contribution in [-0.2, 0) is 4.74 Å². The van der Waals surface area contributed by atoms with E-state index in [0.29, 0.717) is 24.2 Å². The summed E-state index contributed by atoms with van der Waals surface area (Å²) in [6, 6.07) is 3.28. The Hall–Kier alpha value is -2.77. The molecule has 2 heterocycles. The van der Waals surface area contributed by atoms with Crippen molar-refractivity contribution in [1.29, 1.82) is 0 Å². The number of aromatic nitrogens is 1. The maximum absolute atomic E-state index is 15.4. The van der Waals surface area contributed by atoms with Crippen LogP contribution in [0.25, 0.3) is 10.9 Å². The third-order valence-electron chi connectivity index (χ3n) is 5.67. The molecule has 1 aliphatic carbocycles. The van der Waals surface area contributed by atoms with Crippen molar-refractivity contribution in [1.82, 2.24) is 4.57 Å². The first-order chi connectivity index (χ1) is 13.4. The number of fused-ring (bicyclic) bond motifs is 1. The van der Waals surface area contributed by atoms with Crippen LogP contribution in [0, 0.1) is 18.7 Å². The van der Waals surface area contributed by atoms with Crippen molar-refractivity contribution in [3.8, 4) is 5.75 Å². The zero-order valence-corrected chi connectivity index (χ0v) is 16.0. The van der Waals surface area contributed by atoms with Gasteiger partial charge in [-0.05, 0) is 32.3 Å². The minimum atomic E-state index is -0.804. The molecule has 28 heavy (non-hydrogen) atoms. The van der Waals surface area contributed by atoms with Crippen LogP contribution in [0.2, 0.25) is 0 Å². The first-order valence-corrected chi connectivity index (χ1v) is 9.50. The topological polar surface area (TPSA) is 86.8 Å². The van der Waals surface area contributed by atoms with Crippen LogP contribution in [0.4, 0.5) is 14.9 Å². The Morgan fingerprint density at radius 1 is 1.32 bits per heavy atom. The number of rotatable bonds is 5. The molecule has 1 aromatic heterocycles. The van der Waals surface area contributed by atoms with Gasteiger partial charge < -0.3 is 24.7 Å². The van der Waals surface area contributed by atoms with Crippen LogP contribution < -0.4 is 20.9 Å². The molecule has 0 radical (unpaired) electrons. The number of nitrogens with two attached hydrogens (primary N) is 1. The molecule has 1 atom stereocenters. The Bertz CT molecular complexity index is 999. The van der Waals surface area contributed by atoms with Crippen molar-refractivity contribution >= 4 is 22.7 Å². The number of benzene rings is 1. The van der Waals surface area contributed by atoms with Gasteiger partial charge in [0.05, 0.1) is 24.9 Å². The predicted octanol–water partition coefficient (Wildman–Crippen LogP) is 2.71. The van der Waals surface area contributed by atoms with Gasteiger partial charge in [0.15, 0.2) is 11.6 Å². The molecule has 1 saturated carbocycles. The molecule has 0 spiro atoms. The van der Waals surface area contributed by atoms with Crippen LogP contribution in [0.3, 0.4) is 0 Å². The zero-order valence-electron chi connectivity index (χ0n) is 16.0. The van der Waals surface area contributed by atoms with E-state index in [4.69, 9.17) is 15.2 Å². The molecule has 2 aliphatic rings. The number of carbonyl (C=O) groups is 1. The molecule has 150 valence electrons. The Kier molecular flexibility index (Phi) is 4.64. The number of halogens is 1. The first kappa shape index (κ1) is 18.6. The molecular weight excluding hydrogens is 365 g/mol. The second-order valence-electron chi connectivity index (χ2n) is 7.59. The van der Waals surface area contributed by atoms with E-state index in [1.54, 1.807) is 10.6 Å². The Balaban J connectivity index is 1.82. The maximum atomic E-state index is 15.4. The fourth-order valence-corrected chi connectivity index (χ4v) is 4.26. The van der Waals surface area contributed by atoms with Gasteiger partial charge in [0.1, 0.15) is 0 Å². The van der Waals surface area contributed by atoms with Crippen LogP contribution >= 0.6 is 0 Å². The molecule has 1 aromatic carbocycles. The summed E-state index contributed by atoms with van der Waals surface area (Å²) in [7, 11) is 1.44. The molecule has 8 heteroatoms. The molecule has 1 unspecified atom stereocenters. The quantitative estimate of drug-likeness (QED) is 0.850. The van der Waals surface area contributed by atoms with Gasteiger partial charge >= 0.3 is 6.09 Å². The number of methoxy groups -OCH3 is 1. The van der Waals surface area contributed by atoms with Crippen LogP contribution in [0.1, 0.15) is 30.9 Å². The smallest absolute Gasteiger partial charge is 0.404 e. The predicted molar refractivity (Wildman–Crippen MR) is 104 cm³/mol. The molecular formula is C20H24FN3O4. The van der Waals surface area contributed by atoms with Gasteiger partial charge in [-0.25, -0.2) is 9.18 Å². The van der Waals surface area contributed by atoms with E-state index in [1.165, 1.54) is 13.2 Å². The molecule has 1 amide bonds. The summed E-state index contributed by atoms with van der Waals surface area (Å²) in [5, 5.41) is 0.612. The minimum absolute atomic E-state index is 0.0770. The summed E-state index contributed by atoms with van der Waals surface area (Å²) in [6.07, 6.45) is 1.85. The third kappa shape index (κ3) is 3.06. The monoisotopic (exact) mass is 389 g/mol. The second-order valence-corrected chi connectivity index (χ2v) is 7.59. The van der Waals surface area contributed by atoms with E-state index in [-0.39, 0.29) is 29.9 Å². The zero-order chi connectivity index (χ0) is 20.0. The number of hydrogen-bond donors (Lipinski definition) is 1. The molecule has 2 fully saturated rings. The Labute approximate surface area is 161 Å². The van der Waals surface area contributed by atoms with Gasteiger partial charge in [0.2, 0.25) is 0 Å². The summed E-state index contributed by atoms with van der Waals surface area (Å²) in [6.45, 7) is 3.23. The van der Waals surface area contributed by atoms with Crippen molar-refractivity contribution in [2.45, 2.75) is 32.2 Å². The minimum Gasteiger partial charge on any atom is -0.493 e. The van der Waals surface area contributed by atoms with E-state index >= 15 is 4.39 Å². The SMILES string of the molecule is COc1c(F)c(N2CCC(COC(N)=O)C2)c(C)c2c1ccc(=O)n2C1CC1. The van der Waals surface area contributed by atoms with E-state index in [1.807, 2.05) is 11.8 Å². The molecule has 2 N–H and O–H groups in total. The number of pyridine rings is 1. The maximum Gasteiger partial charge on any atom is 0.404 e. The largest absolute Gasteiger partial charge is 0.493 e. The second kappa shape index (κ2) is 7.00. The number of hydrogen-bond acceptors (Lipinski definition) is 5. The van der Waals surface area contributed by atoms with Gasteiger partial charge in [0.25, 0.3) is 5.56 Å². The number of carbonyl (C=O) groups excluding carboxylic acids is 1. The van der Waals surface area contributed by atoms with Crippen molar-refractivity contribution in [3.05, 3.63) is 33.9 Å². The van der Waals surface area contributed by atoms with Crippen molar-refractivity contribution in [3.63, 3.8) is 0 Å². The van der Waals surface area contributed by atoms with E-state index in [0.717, 1.165) is 30.3 Å². The van der Waals surface area contributed by atoms with Crippen LogP contribution in [0.15, 0.2) is 16.9 Å². The van der Waals surface area contributed by atoms with Crippen LogP contribution in [-0.4, -0.2) is 37.5 Å². The average Bonchev–Trinajstić information content (AvgIpc) is 3.39. The molecule has 7 nitrogen and oxygen atoms in total. The number of primary amides is 1. The highest BCUT2D eigenvalue weighted by Gasteiger charge is 2.32. The number of anilines is 1. The number of nitrogens with zero attached hydrogens (tertiary/aromatic N) is 2. The highest BCUT2D eigenvalue weighted by molar-refractivity contribution is 5.93. The van der Waals surface area contributed by atoms with Gasteiger partial charge in [0, 0.05) is 42.1 Å². The Morgan fingerprint density at radius 2 is 2.07 bits per heavy atom. The fraction of sp³-hybridized carbons (Fsp3) is 0.500. The van der Waals surface area contributed by atoms with Crippen molar-refractivity contribution in [2.75, 3.05) is 31.7 Å². The lowest BCUT2D eigenvalue weighted by Gasteiger charge is -2.25. The number of aryl methyl sites for hydroxylation is 1. The summed E-state index contributed by atoms with van der Waals surface area (Å²) < 4.78 is 27.5. The third-order valence-corrected chi connectivity index (χ3v) is 5.67. The van der Waals surface area contributed by atoms with E-state index in [9.17, 15) is 9.59 Å². The van der Waals surface area contributed by atoms with E-state index < -0.39 is 11.9 Å². The Morgan fingerprint density at radius 3 is 2.71 bits per heavy atom. The lowest BCUT2D eigenvalue weighted by atomic mass is 10.0. The molecule has 4 rings (SSSR count). The molecule has 1 aliphatic heterocycles. The summed E-state index contributed by atoms with van der Waals surface area (Å²) in [5.74, 6) is -0.193. The first-order valence-electron chi connectivity index (χ1n) is 9.50. The lowest BCUT2D eigenvalue weighted by Crippen LogP contribution is -2.26. The van der Waals surface area contributed by atoms with E-state index in [2.05, 4.69) is 0 Å². The normalized spacial score (nSPS) is 19.2. The summed E-state index contributed by atoms with van der Waals surface area (Å²) >= 11 is 0. The molecule has 0 bridgehead atoms. The van der Waals surface area contributed by atoms with Gasteiger partial charge in [-0.15, -0.1) is 0 Å². The van der Waals surface area contributed by atoms with Crippen molar-refractivity contribution in [2.24, 2.45) is 11.7 Å². The lowest BCUT2D eigenvalue weighted by molar-refractivity contribution is 0.140. The number of amides is 1. The summed E-state index contributed by atoms with van der Waals surface area (Å²) in [4.78, 5) is 25.3. The molecule has 1 saturated heterocycles.